The zero-order valence-corrected chi connectivity index (χ0v) is 19.0. The first-order chi connectivity index (χ1) is 14.6. The van der Waals surface area contributed by atoms with E-state index in [1.54, 1.807) is 0 Å². The molecule has 2 atom stereocenters. The summed E-state index contributed by atoms with van der Waals surface area (Å²) in [5, 5.41) is 12.5. The number of aliphatic hydroxyl groups is 1. The molecule has 1 aliphatic rings. The topological polar surface area (TPSA) is 40.5 Å². The Kier molecular flexibility index (Phi) is 8.44. The van der Waals surface area contributed by atoms with E-state index in [1.165, 1.54) is 19.3 Å². The maximum absolute atomic E-state index is 11.9. The molecule has 0 radical (unpaired) electrons. The Morgan fingerprint density at radius 2 is 1.53 bits per heavy atom. The monoisotopic (exact) mass is 418 g/mol. The lowest BCUT2D eigenvalue weighted by molar-refractivity contribution is 0.257. The third-order valence-corrected chi connectivity index (χ3v) is 9.60. The molecule has 2 N–H and O–H groups in total. The minimum Gasteiger partial charge on any atom is -0.424 e. The van der Waals surface area contributed by atoms with Gasteiger partial charge in [0, 0.05) is 5.92 Å². The van der Waals surface area contributed by atoms with Crippen LogP contribution in [0.1, 0.15) is 39.0 Å². The van der Waals surface area contributed by atoms with Crippen LogP contribution in [0.15, 0.2) is 96.6 Å². The van der Waals surface area contributed by atoms with Crippen LogP contribution in [0.2, 0.25) is 6.04 Å². The van der Waals surface area contributed by atoms with Crippen LogP contribution in [-0.2, 0) is 0 Å². The standard InChI is InChI=1S/C27H34O2Si/c1-2-3-4-5-6-13-18-26-23(19-20-27(26)28)21-22-30(29,24-14-9-7-10-15-24)25-16-11-8-12-17-25/h6-20,23,27-29H,2-5,21-22H2,1H3/b13-6+,26-18+/t23-,27-/m0/s1. The Morgan fingerprint density at radius 3 is 2.13 bits per heavy atom. The second-order valence-corrected chi connectivity index (χ2v) is 11.5. The summed E-state index contributed by atoms with van der Waals surface area (Å²) in [4.78, 5) is 11.9. The predicted molar refractivity (Wildman–Crippen MR) is 130 cm³/mol. The fraction of sp³-hybridized carbons (Fsp3) is 0.333. The zero-order valence-electron chi connectivity index (χ0n) is 18.0. The van der Waals surface area contributed by atoms with E-state index in [-0.39, 0.29) is 5.92 Å². The second kappa shape index (κ2) is 11.3. The molecule has 0 fully saturated rings. The maximum Gasteiger partial charge on any atom is 0.252 e. The smallest absolute Gasteiger partial charge is 0.252 e. The van der Waals surface area contributed by atoms with Gasteiger partial charge in [0.15, 0.2) is 0 Å². The number of allylic oxidation sites excluding steroid dienone is 4. The third kappa shape index (κ3) is 5.69. The van der Waals surface area contributed by atoms with Crippen LogP contribution in [0.4, 0.5) is 0 Å². The summed E-state index contributed by atoms with van der Waals surface area (Å²) >= 11 is 0. The molecule has 0 heterocycles. The van der Waals surface area contributed by atoms with Gasteiger partial charge in [-0.05, 0) is 41.3 Å². The van der Waals surface area contributed by atoms with Crippen molar-refractivity contribution in [3.8, 4) is 0 Å². The molecule has 3 rings (SSSR count). The van der Waals surface area contributed by atoms with Gasteiger partial charge in [-0.15, -0.1) is 0 Å². The van der Waals surface area contributed by atoms with E-state index in [1.807, 2.05) is 66.7 Å². The third-order valence-electron chi connectivity index (χ3n) is 6.01. The maximum atomic E-state index is 11.9. The quantitative estimate of drug-likeness (QED) is 0.332. The Morgan fingerprint density at radius 1 is 0.900 bits per heavy atom. The van der Waals surface area contributed by atoms with Gasteiger partial charge in [0.1, 0.15) is 0 Å². The number of aliphatic hydroxyl groups excluding tert-OH is 1. The number of rotatable bonds is 10. The Balaban J connectivity index is 1.74. The molecule has 30 heavy (non-hydrogen) atoms. The van der Waals surface area contributed by atoms with Crippen LogP contribution in [0.25, 0.3) is 0 Å². The number of benzene rings is 2. The number of hydrogen-bond donors (Lipinski definition) is 2. The summed E-state index contributed by atoms with van der Waals surface area (Å²) < 4.78 is 0. The number of unbranched alkanes of at least 4 members (excludes halogenated alkanes) is 3. The minimum absolute atomic E-state index is 0.173. The molecule has 0 saturated heterocycles. The molecular weight excluding hydrogens is 384 g/mol. The van der Waals surface area contributed by atoms with Gasteiger partial charge in [0.2, 0.25) is 0 Å². The molecule has 158 valence electrons. The van der Waals surface area contributed by atoms with E-state index < -0.39 is 14.4 Å². The molecular formula is C27H34O2Si. The van der Waals surface area contributed by atoms with Gasteiger partial charge in [-0.25, -0.2) is 0 Å². The van der Waals surface area contributed by atoms with Gasteiger partial charge >= 0.3 is 0 Å². The van der Waals surface area contributed by atoms with Crippen molar-refractivity contribution in [1.82, 2.24) is 0 Å². The van der Waals surface area contributed by atoms with Crippen LogP contribution in [0.5, 0.6) is 0 Å². The molecule has 0 saturated carbocycles. The van der Waals surface area contributed by atoms with Crippen LogP contribution in [-0.4, -0.2) is 24.3 Å². The summed E-state index contributed by atoms with van der Waals surface area (Å²) in [6.45, 7) is 2.21. The fourth-order valence-electron chi connectivity index (χ4n) is 4.20. The van der Waals surface area contributed by atoms with Gasteiger partial charge in [0.05, 0.1) is 6.10 Å². The average molecular weight is 419 g/mol. The molecule has 2 nitrogen and oxygen atoms in total. The lowest BCUT2D eigenvalue weighted by Gasteiger charge is -2.28. The fourth-order valence-corrected chi connectivity index (χ4v) is 7.33. The van der Waals surface area contributed by atoms with Crippen LogP contribution in [0, 0.1) is 5.92 Å². The van der Waals surface area contributed by atoms with E-state index >= 15 is 0 Å². The van der Waals surface area contributed by atoms with Crippen molar-refractivity contribution < 1.29 is 9.90 Å². The first-order valence-corrected chi connectivity index (χ1v) is 13.4. The highest BCUT2D eigenvalue weighted by Gasteiger charge is 2.37. The van der Waals surface area contributed by atoms with E-state index in [2.05, 4.69) is 31.2 Å². The zero-order chi connectivity index (χ0) is 21.2. The molecule has 0 unspecified atom stereocenters. The van der Waals surface area contributed by atoms with Crippen LogP contribution >= 0.6 is 0 Å². The van der Waals surface area contributed by atoms with Crippen molar-refractivity contribution in [3.05, 3.63) is 96.6 Å². The van der Waals surface area contributed by atoms with Crippen molar-refractivity contribution in [2.75, 3.05) is 0 Å². The van der Waals surface area contributed by atoms with Gasteiger partial charge in [-0.1, -0.05) is 111 Å². The first-order valence-electron chi connectivity index (χ1n) is 11.2. The Labute approximate surface area is 182 Å². The molecule has 3 heteroatoms. The van der Waals surface area contributed by atoms with Gasteiger partial charge < -0.3 is 9.90 Å². The van der Waals surface area contributed by atoms with Crippen molar-refractivity contribution in [2.24, 2.45) is 5.92 Å². The molecule has 0 aromatic heterocycles. The Bertz CT molecular complexity index is 815. The second-order valence-electron chi connectivity index (χ2n) is 8.16. The van der Waals surface area contributed by atoms with Crippen molar-refractivity contribution in [1.29, 1.82) is 0 Å². The molecule has 0 amide bonds. The van der Waals surface area contributed by atoms with Gasteiger partial charge in [-0.2, -0.15) is 0 Å². The largest absolute Gasteiger partial charge is 0.424 e. The first kappa shape index (κ1) is 22.5. The van der Waals surface area contributed by atoms with E-state index in [0.29, 0.717) is 0 Å². The molecule has 0 aliphatic heterocycles. The average Bonchev–Trinajstić information content (AvgIpc) is 3.15. The molecule has 0 bridgehead atoms. The summed E-state index contributed by atoms with van der Waals surface area (Å²) in [5.41, 5.74) is 1.04. The van der Waals surface area contributed by atoms with Crippen molar-refractivity contribution in [2.45, 2.75) is 51.2 Å². The lowest BCUT2D eigenvalue weighted by atomic mass is 9.98. The highest BCUT2D eigenvalue weighted by Crippen LogP contribution is 2.31. The predicted octanol–water partition coefficient (Wildman–Crippen LogP) is 4.74. The summed E-state index contributed by atoms with van der Waals surface area (Å²) in [5.74, 6) is 0.173. The summed E-state index contributed by atoms with van der Waals surface area (Å²) in [6, 6.07) is 20.9. The van der Waals surface area contributed by atoms with E-state index in [4.69, 9.17) is 0 Å². The highest BCUT2D eigenvalue weighted by atomic mass is 28.4. The number of hydrogen-bond acceptors (Lipinski definition) is 2. The molecule has 2 aromatic rings. The summed E-state index contributed by atoms with van der Waals surface area (Å²) in [6.07, 6.45) is 15.5. The van der Waals surface area contributed by atoms with Crippen molar-refractivity contribution >= 4 is 18.7 Å². The molecule has 2 aromatic carbocycles. The van der Waals surface area contributed by atoms with E-state index in [9.17, 15) is 9.90 Å². The molecule has 0 spiro atoms. The highest BCUT2D eigenvalue weighted by molar-refractivity contribution is 6.96. The minimum atomic E-state index is -2.83. The Hall–Kier alpha value is -2.20. The van der Waals surface area contributed by atoms with Crippen molar-refractivity contribution in [3.63, 3.8) is 0 Å². The van der Waals surface area contributed by atoms with Crippen LogP contribution in [0.3, 0.4) is 0 Å². The normalized spacial score (nSPS) is 20.4. The summed E-state index contributed by atoms with van der Waals surface area (Å²) in [7, 11) is -2.83. The SMILES string of the molecule is CCCCC/C=C/C=C1/[C@@H](O)C=C[C@H]1CC[Si](O)(c1ccccc1)c1ccccc1. The lowest BCUT2D eigenvalue weighted by Crippen LogP contribution is -2.58. The van der Waals surface area contributed by atoms with Crippen LogP contribution < -0.4 is 10.4 Å². The van der Waals surface area contributed by atoms with E-state index in [0.717, 1.165) is 34.8 Å². The molecule has 1 aliphatic carbocycles. The van der Waals surface area contributed by atoms with Gasteiger partial charge in [0.25, 0.3) is 8.32 Å². The van der Waals surface area contributed by atoms with Gasteiger partial charge in [-0.3, -0.25) is 0 Å².